The summed E-state index contributed by atoms with van der Waals surface area (Å²) in [4.78, 5) is 26.0. The standard InChI is InChI=1S/C25H28FN5O/c1-17-7-4-5-10-23(17)29-25(32)31-13-11-30(12-14-31)24-22(18(2)27-19(3)28-24)16-20-8-6-9-21(26)15-20/h4-10,15H,11-14,16H2,1-3H3,(H,29,32). The van der Waals surface area contributed by atoms with Gasteiger partial charge in [0.1, 0.15) is 17.5 Å². The molecule has 6 nitrogen and oxygen atoms in total. The number of carbonyl (C=O) groups is 1. The number of hydrogen-bond acceptors (Lipinski definition) is 4. The summed E-state index contributed by atoms with van der Waals surface area (Å²) in [5.41, 5.74) is 4.65. The molecule has 0 saturated carbocycles. The molecule has 1 aliphatic heterocycles. The summed E-state index contributed by atoms with van der Waals surface area (Å²) in [5.74, 6) is 1.33. The van der Waals surface area contributed by atoms with E-state index in [1.165, 1.54) is 6.07 Å². The fourth-order valence-corrected chi connectivity index (χ4v) is 4.07. The molecule has 1 aliphatic rings. The van der Waals surface area contributed by atoms with Crippen LogP contribution in [0.4, 0.5) is 20.7 Å². The lowest BCUT2D eigenvalue weighted by Gasteiger charge is -2.36. The number of nitrogens with zero attached hydrogens (tertiary/aromatic N) is 4. The Bertz CT molecular complexity index is 1130. The van der Waals surface area contributed by atoms with Gasteiger partial charge in [0, 0.05) is 49.5 Å². The second-order valence-electron chi connectivity index (χ2n) is 8.18. The maximum Gasteiger partial charge on any atom is 0.321 e. The van der Waals surface area contributed by atoms with E-state index in [1.807, 2.05) is 56.0 Å². The lowest BCUT2D eigenvalue weighted by Crippen LogP contribution is -2.50. The predicted molar refractivity (Wildman–Crippen MR) is 125 cm³/mol. The quantitative estimate of drug-likeness (QED) is 0.659. The zero-order chi connectivity index (χ0) is 22.7. The monoisotopic (exact) mass is 433 g/mol. The number of amides is 2. The molecule has 166 valence electrons. The average Bonchev–Trinajstić information content (AvgIpc) is 2.77. The molecule has 0 unspecified atom stereocenters. The Morgan fingerprint density at radius 1 is 1.00 bits per heavy atom. The highest BCUT2D eigenvalue weighted by Crippen LogP contribution is 2.25. The number of benzene rings is 2. The van der Waals surface area contributed by atoms with E-state index in [0.29, 0.717) is 38.4 Å². The number of aromatic nitrogens is 2. The second-order valence-corrected chi connectivity index (χ2v) is 8.18. The summed E-state index contributed by atoms with van der Waals surface area (Å²) in [7, 11) is 0. The largest absolute Gasteiger partial charge is 0.353 e. The molecular weight excluding hydrogens is 405 g/mol. The highest BCUT2D eigenvalue weighted by Gasteiger charge is 2.25. The number of halogens is 1. The van der Waals surface area contributed by atoms with Gasteiger partial charge in [-0.25, -0.2) is 19.2 Å². The molecule has 1 aromatic heterocycles. The van der Waals surface area contributed by atoms with Crippen molar-refractivity contribution in [1.29, 1.82) is 0 Å². The van der Waals surface area contributed by atoms with Crippen LogP contribution in [-0.2, 0) is 6.42 Å². The summed E-state index contributed by atoms with van der Waals surface area (Å²) < 4.78 is 13.7. The van der Waals surface area contributed by atoms with Crippen molar-refractivity contribution in [1.82, 2.24) is 14.9 Å². The molecule has 2 heterocycles. The molecular formula is C25H28FN5O. The van der Waals surface area contributed by atoms with E-state index >= 15 is 0 Å². The minimum absolute atomic E-state index is 0.0889. The third kappa shape index (κ3) is 4.88. The number of nitrogens with one attached hydrogen (secondary N) is 1. The number of hydrogen-bond donors (Lipinski definition) is 1. The normalized spacial score (nSPS) is 13.9. The number of anilines is 2. The molecule has 0 radical (unpaired) electrons. The van der Waals surface area contributed by atoms with Gasteiger partial charge in [-0.05, 0) is 50.1 Å². The molecule has 1 N–H and O–H groups in total. The Balaban J connectivity index is 1.48. The van der Waals surface area contributed by atoms with Gasteiger partial charge < -0.3 is 15.1 Å². The zero-order valence-electron chi connectivity index (χ0n) is 18.7. The van der Waals surface area contributed by atoms with Crippen LogP contribution in [0.25, 0.3) is 0 Å². The zero-order valence-corrected chi connectivity index (χ0v) is 18.7. The van der Waals surface area contributed by atoms with Gasteiger partial charge in [-0.3, -0.25) is 0 Å². The Morgan fingerprint density at radius 3 is 2.47 bits per heavy atom. The van der Waals surface area contributed by atoms with Crippen molar-refractivity contribution >= 4 is 17.5 Å². The van der Waals surface area contributed by atoms with Crippen LogP contribution in [0, 0.1) is 26.6 Å². The van der Waals surface area contributed by atoms with Crippen LogP contribution in [0.3, 0.4) is 0 Å². The van der Waals surface area contributed by atoms with Gasteiger partial charge in [-0.2, -0.15) is 0 Å². The number of aryl methyl sites for hydroxylation is 3. The van der Waals surface area contributed by atoms with Gasteiger partial charge in [0.05, 0.1) is 0 Å². The maximum absolute atomic E-state index is 13.7. The van der Waals surface area contributed by atoms with Crippen LogP contribution in [-0.4, -0.2) is 47.1 Å². The smallest absolute Gasteiger partial charge is 0.321 e. The van der Waals surface area contributed by atoms with Gasteiger partial charge in [-0.1, -0.05) is 30.3 Å². The van der Waals surface area contributed by atoms with Gasteiger partial charge in [0.15, 0.2) is 0 Å². The van der Waals surface area contributed by atoms with E-state index < -0.39 is 0 Å². The van der Waals surface area contributed by atoms with Gasteiger partial charge in [-0.15, -0.1) is 0 Å². The predicted octanol–water partition coefficient (Wildman–Crippen LogP) is 4.49. The van der Waals surface area contributed by atoms with E-state index in [1.54, 1.807) is 12.1 Å². The fraction of sp³-hybridized carbons (Fsp3) is 0.320. The molecule has 3 aromatic rings. The van der Waals surface area contributed by atoms with E-state index in [9.17, 15) is 9.18 Å². The van der Waals surface area contributed by atoms with Gasteiger partial charge in [0.25, 0.3) is 0 Å². The van der Waals surface area contributed by atoms with Crippen molar-refractivity contribution in [3.63, 3.8) is 0 Å². The van der Waals surface area contributed by atoms with Crippen LogP contribution in [0.5, 0.6) is 0 Å². The molecule has 0 aliphatic carbocycles. The Labute approximate surface area is 188 Å². The van der Waals surface area contributed by atoms with Crippen molar-refractivity contribution in [3.05, 3.63) is 82.6 Å². The highest BCUT2D eigenvalue weighted by atomic mass is 19.1. The third-order valence-electron chi connectivity index (χ3n) is 5.83. The molecule has 1 fully saturated rings. The fourth-order valence-electron chi connectivity index (χ4n) is 4.07. The molecule has 0 atom stereocenters. The first-order chi connectivity index (χ1) is 15.4. The molecule has 7 heteroatoms. The first-order valence-electron chi connectivity index (χ1n) is 10.9. The van der Waals surface area contributed by atoms with E-state index in [0.717, 1.165) is 33.9 Å². The van der Waals surface area contributed by atoms with E-state index in [-0.39, 0.29) is 11.8 Å². The van der Waals surface area contributed by atoms with Crippen LogP contribution < -0.4 is 10.2 Å². The average molecular weight is 434 g/mol. The maximum atomic E-state index is 13.7. The summed E-state index contributed by atoms with van der Waals surface area (Å²) in [5, 5.41) is 3.01. The Hall–Kier alpha value is -3.48. The summed E-state index contributed by atoms with van der Waals surface area (Å²) in [6, 6.07) is 14.3. The highest BCUT2D eigenvalue weighted by molar-refractivity contribution is 5.90. The topological polar surface area (TPSA) is 61.4 Å². The van der Waals surface area contributed by atoms with E-state index in [4.69, 9.17) is 4.98 Å². The third-order valence-corrected chi connectivity index (χ3v) is 5.83. The number of urea groups is 1. The molecule has 0 bridgehead atoms. The molecule has 2 amide bonds. The number of para-hydroxylation sites is 1. The van der Waals surface area contributed by atoms with Crippen molar-refractivity contribution in [2.45, 2.75) is 27.2 Å². The second kappa shape index (κ2) is 9.34. The van der Waals surface area contributed by atoms with Gasteiger partial charge >= 0.3 is 6.03 Å². The SMILES string of the molecule is Cc1nc(C)c(Cc2cccc(F)c2)c(N2CCN(C(=O)Nc3ccccc3C)CC2)n1. The van der Waals surface area contributed by atoms with E-state index in [2.05, 4.69) is 15.2 Å². The summed E-state index contributed by atoms with van der Waals surface area (Å²) >= 11 is 0. The number of rotatable bonds is 4. The van der Waals surface area contributed by atoms with Gasteiger partial charge in [0.2, 0.25) is 0 Å². The molecule has 32 heavy (non-hydrogen) atoms. The number of piperazine rings is 1. The number of carbonyl (C=O) groups excluding carboxylic acids is 1. The summed E-state index contributed by atoms with van der Waals surface area (Å²) in [6.45, 7) is 8.37. The van der Waals surface area contributed by atoms with Crippen LogP contribution in [0.15, 0.2) is 48.5 Å². The Kier molecular flexibility index (Phi) is 6.35. The van der Waals surface area contributed by atoms with Crippen molar-refractivity contribution in [2.24, 2.45) is 0 Å². The lowest BCUT2D eigenvalue weighted by atomic mass is 10.0. The molecule has 1 saturated heterocycles. The van der Waals surface area contributed by atoms with Crippen LogP contribution in [0.2, 0.25) is 0 Å². The lowest BCUT2D eigenvalue weighted by molar-refractivity contribution is 0.208. The van der Waals surface area contributed by atoms with Crippen LogP contribution >= 0.6 is 0 Å². The minimum Gasteiger partial charge on any atom is -0.353 e. The first kappa shape index (κ1) is 21.7. The Morgan fingerprint density at radius 2 is 1.75 bits per heavy atom. The first-order valence-corrected chi connectivity index (χ1v) is 10.9. The molecule has 4 rings (SSSR count). The molecule has 0 spiro atoms. The van der Waals surface area contributed by atoms with Crippen LogP contribution in [0.1, 0.15) is 28.2 Å². The van der Waals surface area contributed by atoms with Crippen molar-refractivity contribution < 1.29 is 9.18 Å². The van der Waals surface area contributed by atoms with Crippen molar-refractivity contribution in [2.75, 3.05) is 36.4 Å². The summed E-state index contributed by atoms with van der Waals surface area (Å²) in [6.07, 6.45) is 0.563. The molecule has 2 aromatic carbocycles. The minimum atomic E-state index is -0.247. The van der Waals surface area contributed by atoms with Crippen molar-refractivity contribution in [3.8, 4) is 0 Å².